The fourth-order valence-electron chi connectivity index (χ4n) is 2.56. The standard InChI is InChI=1S/C13H17NS/c1-2-12-4-6-15-13(12)8-10(1)7-11-3-5-14-9-11/h1-2,8,11,14H,3-7,9H2. The maximum atomic E-state index is 3.44. The molecule has 0 aromatic heterocycles. The largest absolute Gasteiger partial charge is 0.316 e. The van der Waals surface area contributed by atoms with Crippen LogP contribution < -0.4 is 5.32 Å². The summed E-state index contributed by atoms with van der Waals surface area (Å²) in [5, 5.41) is 3.44. The number of hydrogen-bond donors (Lipinski definition) is 1. The van der Waals surface area contributed by atoms with Crippen molar-refractivity contribution in [3.05, 3.63) is 29.3 Å². The van der Waals surface area contributed by atoms with E-state index in [-0.39, 0.29) is 0 Å². The van der Waals surface area contributed by atoms with Gasteiger partial charge in [0.2, 0.25) is 0 Å². The Bertz CT molecular complexity index is 356. The summed E-state index contributed by atoms with van der Waals surface area (Å²) in [7, 11) is 0. The molecule has 2 heterocycles. The van der Waals surface area contributed by atoms with Crippen LogP contribution in [0.25, 0.3) is 0 Å². The third-order valence-corrected chi connectivity index (χ3v) is 4.55. The third-order valence-electron chi connectivity index (χ3n) is 3.45. The first-order valence-electron chi connectivity index (χ1n) is 5.87. The average molecular weight is 219 g/mol. The lowest BCUT2D eigenvalue weighted by Gasteiger charge is -2.09. The molecular formula is C13H17NS. The molecule has 2 heteroatoms. The van der Waals surface area contributed by atoms with Gasteiger partial charge in [-0.05, 0) is 55.5 Å². The molecule has 2 aliphatic heterocycles. The zero-order valence-corrected chi connectivity index (χ0v) is 9.78. The van der Waals surface area contributed by atoms with Crippen LogP contribution in [0.5, 0.6) is 0 Å². The second-order valence-corrected chi connectivity index (χ2v) is 5.74. The van der Waals surface area contributed by atoms with E-state index in [4.69, 9.17) is 0 Å². The van der Waals surface area contributed by atoms with Gasteiger partial charge >= 0.3 is 0 Å². The Morgan fingerprint density at radius 3 is 3.27 bits per heavy atom. The highest BCUT2D eigenvalue weighted by molar-refractivity contribution is 7.99. The van der Waals surface area contributed by atoms with E-state index in [1.807, 2.05) is 11.8 Å². The van der Waals surface area contributed by atoms with Crippen molar-refractivity contribution in [3.63, 3.8) is 0 Å². The van der Waals surface area contributed by atoms with Crippen LogP contribution in [0.2, 0.25) is 0 Å². The Kier molecular flexibility index (Phi) is 2.72. The molecular weight excluding hydrogens is 202 g/mol. The molecule has 1 N–H and O–H groups in total. The fraction of sp³-hybridized carbons (Fsp3) is 0.538. The van der Waals surface area contributed by atoms with E-state index in [9.17, 15) is 0 Å². The molecule has 0 spiro atoms. The lowest BCUT2D eigenvalue weighted by molar-refractivity contribution is 0.579. The maximum Gasteiger partial charge on any atom is 0.0107 e. The van der Waals surface area contributed by atoms with Crippen molar-refractivity contribution in [1.29, 1.82) is 0 Å². The van der Waals surface area contributed by atoms with E-state index in [1.54, 1.807) is 10.5 Å². The van der Waals surface area contributed by atoms with Crippen LogP contribution in [0.3, 0.4) is 0 Å². The van der Waals surface area contributed by atoms with Crippen molar-refractivity contribution in [2.24, 2.45) is 5.92 Å². The predicted molar refractivity (Wildman–Crippen MR) is 65.6 cm³/mol. The fourth-order valence-corrected chi connectivity index (χ4v) is 3.69. The molecule has 0 bridgehead atoms. The molecule has 1 aromatic rings. The van der Waals surface area contributed by atoms with E-state index in [2.05, 4.69) is 23.5 Å². The molecule has 0 saturated carbocycles. The Morgan fingerprint density at radius 1 is 1.40 bits per heavy atom. The van der Waals surface area contributed by atoms with E-state index < -0.39 is 0 Å². The van der Waals surface area contributed by atoms with Gasteiger partial charge in [-0.1, -0.05) is 12.1 Å². The summed E-state index contributed by atoms with van der Waals surface area (Å²) in [6.07, 6.45) is 3.89. The molecule has 3 rings (SSSR count). The minimum Gasteiger partial charge on any atom is -0.316 e. The SMILES string of the molecule is c1cc2c(cc1CC1CCNC1)SCC2. The van der Waals surface area contributed by atoms with Gasteiger partial charge in [-0.2, -0.15) is 0 Å². The maximum absolute atomic E-state index is 3.44. The van der Waals surface area contributed by atoms with Crippen LogP contribution in [0.15, 0.2) is 23.1 Å². The van der Waals surface area contributed by atoms with Gasteiger partial charge in [0, 0.05) is 10.6 Å². The quantitative estimate of drug-likeness (QED) is 0.820. The molecule has 2 aliphatic rings. The van der Waals surface area contributed by atoms with Gasteiger partial charge < -0.3 is 5.32 Å². The molecule has 1 nitrogen and oxygen atoms in total. The smallest absolute Gasteiger partial charge is 0.0107 e. The number of fused-ring (bicyclic) bond motifs is 1. The van der Waals surface area contributed by atoms with Gasteiger partial charge in [-0.15, -0.1) is 11.8 Å². The van der Waals surface area contributed by atoms with Crippen LogP contribution in [-0.2, 0) is 12.8 Å². The number of nitrogens with one attached hydrogen (secondary N) is 1. The van der Waals surface area contributed by atoms with Crippen molar-refractivity contribution in [1.82, 2.24) is 5.32 Å². The number of aryl methyl sites for hydroxylation is 1. The van der Waals surface area contributed by atoms with E-state index in [0.29, 0.717) is 0 Å². The van der Waals surface area contributed by atoms with E-state index >= 15 is 0 Å². The molecule has 80 valence electrons. The van der Waals surface area contributed by atoms with Gasteiger partial charge in [0.1, 0.15) is 0 Å². The van der Waals surface area contributed by atoms with E-state index in [0.717, 1.165) is 5.92 Å². The predicted octanol–water partition coefficient (Wildman–Crippen LogP) is 2.49. The zero-order valence-electron chi connectivity index (χ0n) is 8.96. The Hall–Kier alpha value is -0.470. The summed E-state index contributed by atoms with van der Waals surface area (Å²) < 4.78 is 0. The van der Waals surface area contributed by atoms with Crippen molar-refractivity contribution in [2.45, 2.75) is 24.2 Å². The molecule has 0 aliphatic carbocycles. The Morgan fingerprint density at radius 2 is 2.40 bits per heavy atom. The highest BCUT2D eigenvalue weighted by Gasteiger charge is 2.16. The van der Waals surface area contributed by atoms with Crippen molar-refractivity contribution >= 4 is 11.8 Å². The lowest BCUT2D eigenvalue weighted by atomic mass is 9.97. The van der Waals surface area contributed by atoms with Crippen LogP contribution in [0.4, 0.5) is 0 Å². The Labute approximate surface area is 95.6 Å². The zero-order chi connectivity index (χ0) is 10.1. The highest BCUT2D eigenvalue weighted by atomic mass is 32.2. The molecule has 1 saturated heterocycles. The first kappa shape index (κ1) is 9.73. The van der Waals surface area contributed by atoms with Crippen molar-refractivity contribution in [3.8, 4) is 0 Å². The number of hydrogen-bond acceptors (Lipinski definition) is 2. The lowest BCUT2D eigenvalue weighted by Crippen LogP contribution is -2.10. The first-order chi connectivity index (χ1) is 7.42. The van der Waals surface area contributed by atoms with Gasteiger partial charge in [-0.25, -0.2) is 0 Å². The number of thioether (sulfide) groups is 1. The normalized spacial score (nSPS) is 24.4. The molecule has 1 fully saturated rings. The van der Waals surface area contributed by atoms with Crippen LogP contribution in [-0.4, -0.2) is 18.8 Å². The molecule has 1 atom stereocenters. The molecule has 0 amide bonds. The minimum atomic E-state index is 0.870. The molecule has 15 heavy (non-hydrogen) atoms. The summed E-state index contributed by atoms with van der Waals surface area (Å²) >= 11 is 2.02. The third kappa shape index (κ3) is 2.06. The first-order valence-corrected chi connectivity index (χ1v) is 6.86. The second-order valence-electron chi connectivity index (χ2n) is 4.60. The second kappa shape index (κ2) is 4.18. The van der Waals surface area contributed by atoms with Gasteiger partial charge in [0.15, 0.2) is 0 Å². The number of benzene rings is 1. The molecule has 1 unspecified atom stereocenters. The van der Waals surface area contributed by atoms with Crippen LogP contribution in [0, 0.1) is 5.92 Å². The molecule has 0 radical (unpaired) electrons. The summed E-state index contributed by atoms with van der Waals surface area (Å²) in [6, 6.07) is 7.10. The van der Waals surface area contributed by atoms with Gasteiger partial charge in [0.25, 0.3) is 0 Å². The Balaban J connectivity index is 1.75. The summed E-state index contributed by atoms with van der Waals surface area (Å²) in [4.78, 5) is 1.54. The van der Waals surface area contributed by atoms with Crippen LogP contribution in [0.1, 0.15) is 17.5 Å². The highest BCUT2D eigenvalue weighted by Crippen LogP contribution is 2.32. The molecule has 1 aromatic carbocycles. The summed E-state index contributed by atoms with van der Waals surface area (Å²) in [5.74, 6) is 2.15. The van der Waals surface area contributed by atoms with Crippen molar-refractivity contribution in [2.75, 3.05) is 18.8 Å². The van der Waals surface area contributed by atoms with Gasteiger partial charge in [-0.3, -0.25) is 0 Å². The number of rotatable bonds is 2. The average Bonchev–Trinajstić information content (AvgIpc) is 2.87. The van der Waals surface area contributed by atoms with Crippen LogP contribution >= 0.6 is 11.8 Å². The minimum absolute atomic E-state index is 0.870. The summed E-state index contributed by atoms with van der Waals surface area (Å²) in [6.45, 7) is 2.43. The summed E-state index contributed by atoms with van der Waals surface area (Å²) in [5.41, 5.74) is 3.10. The van der Waals surface area contributed by atoms with E-state index in [1.165, 1.54) is 43.7 Å². The monoisotopic (exact) mass is 219 g/mol. The van der Waals surface area contributed by atoms with Crippen molar-refractivity contribution < 1.29 is 0 Å². The van der Waals surface area contributed by atoms with Gasteiger partial charge in [0.05, 0.1) is 0 Å². The topological polar surface area (TPSA) is 12.0 Å².